The first-order valence-electron chi connectivity index (χ1n) is 6.31. The molecule has 1 aliphatic carbocycles. The topological polar surface area (TPSA) is 55.1 Å². The van der Waals surface area contributed by atoms with Crippen molar-refractivity contribution in [1.82, 2.24) is 0 Å². The molecular formula is C14H20N2O. The fourth-order valence-electron chi connectivity index (χ4n) is 2.46. The maximum atomic E-state index is 11.9. The van der Waals surface area contributed by atoms with Crippen molar-refractivity contribution in [2.45, 2.75) is 39.0 Å². The van der Waals surface area contributed by atoms with Gasteiger partial charge in [0.1, 0.15) is 0 Å². The van der Waals surface area contributed by atoms with E-state index in [0.717, 1.165) is 11.3 Å². The summed E-state index contributed by atoms with van der Waals surface area (Å²) in [4.78, 5) is 11.9. The molecule has 1 aromatic carbocycles. The second kappa shape index (κ2) is 5.21. The number of nitrogens with two attached hydrogens (primary N) is 1. The third-order valence-electron chi connectivity index (χ3n) is 3.43. The van der Waals surface area contributed by atoms with E-state index in [1.54, 1.807) is 0 Å². The largest absolute Gasteiger partial charge is 0.397 e. The first kappa shape index (κ1) is 12.0. The van der Waals surface area contributed by atoms with E-state index in [-0.39, 0.29) is 5.91 Å². The van der Waals surface area contributed by atoms with E-state index in [4.69, 9.17) is 5.73 Å². The van der Waals surface area contributed by atoms with Gasteiger partial charge in [-0.05, 0) is 43.4 Å². The van der Waals surface area contributed by atoms with Gasteiger partial charge in [-0.25, -0.2) is 0 Å². The summed E-state index contributed by atoms with van der Waals surface area (Å²) >= 11 is 0. The Hall–Kier alpha value is -1.51. The molecule has 3 N–H and O–H groups in total. The number of amides is 1. The van der Waals surface area contributed by atoms with Gasteiger partial charge in [-0.2, -0.15) is 0 Å². The number of hydrogen-bond donors (Lipinski definition) is 2. The summed E-state index contributed by atoms with van der Waals surface area (Å²) in [6.07, 6.45) is 5.55. The molecule has 92 valence electrons. The predicted molar refractivity (Wildman–Crippen MR) is 70.8 cm³/mol. The van der Waals surface area contributed by atoms with Crippen LogP contribution in [-0.4, -0.2) is 5.91 Å². The molecule has 0 aliphatic heterocycles. The van der Waals surface area contributed by atoms with Gasteiger partial charge in [0.15, 0.2) is 0 Å². The van der Waals surface area contributed by atoms with Gasteiger partial charge in [0, 0.05) is 6.42 Å². The third-order valence-corrected chi connectivity index (χ3v) is 3.43. The monoisotopic (exact) mass is 232 g/mol. The van der Waals surface area contributed by atoms with E-state index in [1.807, 2.05) is 25.1 Å². The van der Waals surface area contributed by atoms with Crippen molar-refractivity contribution >= 4 is 17.3 Å². The van der Waals surface area contributed by atoms with Crippen molar-refractivity contribution in [2.75, 3.05) is 11.1 Å². The number of rotatable bonds is 3. The molecule has 1 fully saturated rings. The highest BCUT2D eigenvalue weighted by Crippen LogP contribution is 2.28. The lowest BCUT2D eigenvalue weighted by Crippen LogP contribution is -2.16. The van der Waals surface area contributed by atoms with Crippen molar-refractivity contribution in [3.05, 3.63) is 23.8 Å². The minimum absolute atomic E-state index is 0.0919. The Morgan fingerprint density at radius 1 is 1.41 bits per heavy atom. The standard InChI is InChI=1S/C14H20N2O/c1-10-6-7-12(15)13(8-10)16-14(17)9-11-4-2-3-5-11/h6-8,11H,2-5,9,15H2,1H3,(H,16,17). The average molecular weight is 232 g/mol. The quantitative estimate of drug-likeness (QED) is 0.787. The van der Waals surface area contributed by atoms with Gasteiger partial charge < -0.3 is 11.1 Å². The predicted octanol–water partition coefficient (Wildman–Crippen LogP) is 3.10. The second-order valence-electron chi connectivity index (χ2n) is 4.99. The zero-order valence-electron chi connectivity index (χ0n) is 10.3. The molecule has 17 heavy (non-hydrogen) atoms. The lowest BCUT2D eigenvalue weighted by molar-refractivity contribution is -0.117. The van der Waals surface area contributed by atoms with Crippen LogP contribution in [0.3, 0.4) is 0 Å². The second-order valence-corrected chi connectivity index (χ2v) is 4.99. The highest BCUT2D eigenvalue weighted by atomic mass is 16.1. The Labute approximate surface area is 102 Å². The summed E-state index contributed by atoms with van der Waals surface area (Å²) in [5.41, 5.74) is 8.32. The van der Waals surface area contributed by atoms with Gasteiger partial charge in [0.2, 0.25) is 5.91 Å². The van der Waals surface area contributed by atoms with Crippen LogP contribution in [0.15, 0.2) is 18.2 Å². The Morgan fingerprint density at radius 2 is 2.12 bits per heavy atom. The van der Waals surface area contributed by atoms with Crippen LogP contribution < -0.4 is 11.1 Å². The molecule has 0 spiro atoms. The van der Waals surface area contributed by atoms with Crippen LogP contribution in [0.25, 0.3) is 0 Å². The molecule has 0 unspecified atom stereocenters. The molecule has 1 saturated carbocycles. The molecule has 0 saturated heterocycles. The smallest absolute Gasteiger partial charge is 0.224 e. The summed E-state index contributed by atoms with van der Waals surface area (Å²) < 4.78 is 0. The van der Waals surface area contributed by atoms with Crippen molar-refractivity contribution in [3.8, 4) is 0 Å². The molecule has 1 amide bonds. The first-order valence-corrected chi connectivity index (χ1v) is 6.31. The van der Waals surface area contributed by atoms with E-state index in [0.29, 0.717) is 18.0 Å². The Bertz CT molecular complexity index is 409. The van der Waals surface area contributed by atoms with Gasteiger partial charge >= 0.3 is 0 Å². The van der Waals surface area contributed by atoms with Crippen LogP contribution in [0.4, 0.5) is 11.4 Å². The molecule has 3 nitrogen and oxygen atoms in total. The molecule has 1 aliphatic rings. The molecule has 1 aromatic rings. The third kappa shape index (κ3) is 3.22. The van der Waals surface area contributed by atoms with E-state index >= 15 is 0 Å². The number of aryl methyl sites for hydroxylation is 1. The molecular weight excluding hydrogens is 212 g/mol. The summed E-state index contributed by atoms with van der Waals surface area (Å²) in [7, 11) is 0. The number of nitrogen functional groups attached to an aromatic ring is 1. The first-order chi connectivity index (χ1) is 8.15. The summed E-state index contributed by atoms with van der Waals surface area (Å²) in [5, 5.41) is 2.91. The van der Waals surface area contributed by atoms with Gasteiger partial charge in [0.25, 0.3) is 0 Å². The molecule has 2 rings (SSSR count). The lowest BCUT2D eigenvalue weighted by Gasteiger charge is -2.11. The minimum Gasteiger partial charge on any atom is -0.397 e. The van der Waals surface area contributed by atoms with Gasteiger partial charge in [-0.3, -0.25) is 4.79 Å². The fourth-order valence-corrected chi connectivity index (χ4v) is 2.46. The van der Waals surface area contributed by atoms with Crippen LogP contribution in [0, 0.1) is 12.8 Å². The van der Waals surface area contributed by atoms with Gasteiger partial charge in [0.05, 0.1) is 11.4 Å². The van der Waals surface area contributed by atoms with E-state index in [9.17, 15) is 4.79 Å². The average Bonchev–Trinajstić information content (AvgIpc) is 2.76. The maximum Gasteiger partial charge on any atom is 0.224 e. The van der Waals surface area contributed by atoms with E-state index in [2.05, 4.69) is 5.32 Å². The van der Waals surface area contributed by atoms with Crippen LogP contribution in [0.5, 0.6) is 0 Å². The van der Waals surface area contributed by atoms with E-state index in [1.165, 1.54) is 25.7 Å². The number of benzene rings is 1. The summed E-state index contributed by atoms with van der Waals surface area (Å²) in [5.74, 6) is 0.662. The van der Waals surface area contributed by atoms with Gasteiger partial charge in [-0.1, -0.05) is 18.9 Å². The highest BCUT2D eigenvalue weighted by Gasteiger charge is 2.18. The van der Waals surface area contributed by atoms with Crippen LogP contribution in [-0.2, 0) is 4.79 Å². The maximum absolute atomic E-state index is 11.9. The van der Waals surface area contributed by atoms with Crippen LogP contribution in [0.1, 0.15) is 37.7 Å². The zero-order valence-corrected chi connectivity index (χ0v) is 10.3. The lowest BCUT2D eigenvalue weighted by atomic mass is 10.0. The molecule has 3 heteroatoms. The van der Waals surface area contributed by atoms with Crippen molar-refractivity contribution in [1.29, 1.82) is 0 Å². The fraction of sp³-hybridized carbons (Fsp3) is 0.500. The number of nitrogens with one attached hydrogen (secondary N) is 1. The van der Waals surface area contributed by atoms with Crippen LogP contribution >= 0.6 is 0 Å². The van der Waals surface area contributed by atoms with E-state index < -0.39 is 0 Å². The molecule has 0 atom stereocenters. The number of carbonyl (C=O) groups excluding carboxylic acids is 1. The van der Waals surface area contributed by atoms with Crippen LogP contribution in [0.2, 0.25) is 0 Å². The van der Waals surface area contributed by atoms with Crippen molar-refractivity contribution in [2.24, 2.45) is 5.92 Å². The Balaban J connectivity index is 1.95. The molecule has 0 bridgehead atoms. The highest BCUT2D eigenvalue weighted by molar-refractivity contribution is 5.94. The van der Waals surface area contributed by atoms with Crippen molar-refractivity contribution < 1.29 is 4.79 Å². The van der Waals surface area contributed by atoms with Gasteiger partial charge in [-0.15, -0.1) is 0 Å². The van der Waals surface area contributed by atoms with Crippen molar-refractivity contribution in [3.63, 3.8) is 0 Å². The molecule has 0 heterocycles. The SMILES string of the molecule is Cc1ccc(N)c(NC(=O)CC2CCCC2)c1. The summed E-state index contributed by atoms with van der Waals surface area (Å²) in [6, 6.07) is 5.70. The molecule has 0 radical (unpaired) electrons. The zero-order chi connectivity index (χ0) is 12.3. The normalized spacial score (nSPS) is 16.1. The Morgan fingerprint density at radius 3 is 2.82 bits per heavy atom. The summed E-state index contributed by atoms with van der Waals surface area (Å²) in [6.45, 7) is 1.99. The molecule has 0 aromatic heterocycles. The number of anilines is 2. The number of hydrogen-bond acceptors (Lipinski definition) is 2. The Kier molecular flexibility index (Phi) is 3.67. The number of carbonyl (C=O) groups is 1. The minimum atomic E-state index is 0.0919.